The molecule has 2 aromatic carbocycles. The molecule has 0 amide bonds. The van der Waals surface area contributed by atoms with Crippen LogP contribution >= 0.6 is 0 Å². The number of hydrogen-bond donors (Lipinski definition) is 2. The lowest BCUT2D eigenvalue weighted by molar-refractivity contribution is -0.139. The van der Waals surface area contributed by atoms with Crippen molar-refractivity contribution in [2.45, 2.75) is 30.3 Å². The van der Waals surface area contributed by atoms with E-state index in [-0.39, 0.29) is 11.6 Å². The summed E-state index contributed by atoms with van der Waals surface area (Å²) in [6, 6.07) is 12.7. The van der Waals surface area contributed by atoms with Crippen molar-refractivity contribution in [3.8, 4) is 0 Å². The van der Waals surface area contributed by atoms with Crippen LogP contribution < -0.4 is 10.5 Å². The topological polar surface area (TPSA) is 72.2 Å². The Bertz CT molecular complexity index is 822. The first-order valence-electron chi connectivity index (χ1n) is 7.62. The molecule has 1 unspecified atom stereocenters. The van der Waals surface area contributed by atoms with Crippen LogP contribution in [-0.4, -0.2) is 15.0 Å². The zero-order valence-corrected chi connectivity index (χ0v) is 14.4. The lowest BCUT2D eigenvalue weighted by Crippen LogP contribution is -2.19. The van der Waals surface area contributed by atoms with Gasteiger partial charge in [0.05, 0.1) is 10.5 Å². The van der Waals surface area contributed by atoms with Gasteiger partial charge in [0.15, 0.2) is 0 Å². The second-order valence-corrected chi connectivity index (χ2v) is 7.31. The summed E-state index contributed by atoms with van der Waals surface area (Å²) in [5.74, 6) is 0.236. The Balaban J connectivity index is 2.11. The van der Waals surface area contributed by atoms with E-state index >= 15 is 0 Å². The average Bonchev–Trinajstić information content (AvgIpc) is 2.53. The Morgan fingerprint density at radius 2 is 1.76 bits per heavy atom. The van der Waals surface area contributed by atoms with Crippen molar-refractivity contribution in [3.63, 3.8) is 0 Å². The number of alkyl halides is 3. The summed E-state index contributed by atoms with van der Waals surface area (Å²) in [7, 11) is -4.45. The zero-order chi connectivity index (χ0) is 18.7. The van der Waals surface area contributed by atoms with Crippen LogP contribution in [0.25, 0.3) is 0 Å². The first kappa shape index (κ1) is 19.3. The van der Waals surface area contributed by atoms with Crippen molar-refractivity contribution < 1.29 is 21.6 Å². The van der Waals surface area contributed by atoms with Crippen LogP contribution in [0.1, 0.15) is 30.4 Å². The highest BCUT2D eigenvalue weighted by molar-refractivity contribution is 7.89. The van der Waals surface area contributed by atoms with Crippen molar-refractivity contribution >= 4 is 15.7 Å². The van der Waals surface area contributed by atoms with Crippen LogP contribution in [0.3, 0.4) is 0 Å². The van der Waals surface area contributed by atoms with Crippen LogP contribution in [0.15, 0.2) is 53.4 Å². The maximum atomic E-state index is 13.1. The van der Waals surface area contributed by atoms with E-state index in [1.807, 2.05) is 37.3 Å². The van der Waals surface area contributed by atoms with Gasteiger partial charge in [-0.3, -0.25) is 0 Å². The van der Waals surface area contributed by atoms with Crippen LogP contribution in [0.2, 0.25) is 0 Å². The second kappa shape index (κ2) is 7.45. The molecule has 2 aromatic rings. The molecule has 0 aliphatic carbocycles. The molecule has 0 fully saturated rings. The number of hydrogen-bond acceptors (Lipinski definition) is 3. The number of primary sulfonamides is 1. The fraction of sp³-hybridized carbons (Fsp3) is 0.294. The zero-order valence-electron chi connectivity index (χ0n) is 13.5. The molecule has 0 bridgehead atoms. The molecule has 3 N–H and O–H groups in total. The molecule has 4 nitrogen and oxygen atoms in total. The van der Waals surface area contributed by atoms with Crippen molar-refractivity contribution in [2.75, 3.05) is 11.9 Å². The first-order chi connectivity index (χ1) is 11.6. The van der Waals surface area contributed by atoms with Gasteiger partial charge < -0.3 is 5.32 Å². The molecule has 25 heavy (non-hydrogen) atoms. The van der Waals surface area contributed by atoms with Gasteiger partial charge in [-0.25, -0.2) is 13.6 Å². The highest BCUT2D eigenvalue weighted by Gasteiger charge is 2.36. The van der Waals surface area contributed by atoms with E-state index < -0.39 is 26.7 Å². The normalized spacial score (nSPS) is 13.5. The van der Waals surface area contributed by atoms with Gasteiger partial charge in [-0.15, -0.1) is 0 Å². The van der Waals surface area contributed by atoms with Gasteiger partial charge >= 0.3 is 6.18 Å². The molecule has 0 aromatic heterocycles. The van der Waals surface area contributed by atoms with Crippen molar-refractivity contribution in [2.24, 2.45) is 5.14 Å². The minimum absolute atomic E-state index is 0.194. The number of nitrogens with two attached hydrogens (primary N) is 1. The van der Waals surface area contributed by atoms with Crippen LogP contribution in [0.5, 0.6) is 0 Å². The molecule has 1 atom stereocenters. The molecule has 0 radical (unpaired) electrons. The smallest absolute Gasteiger partial charge is 0.385 e. The third-order valence-corrected chi connectivity index (χ3v) is 4.84. The van der Waals surface area contributed by atoms with Gasteiger partial charge in [-0.2, -0.15) is 13.2 Å². The fourth-order valence-electron chi connectivity index (χ4n) is 2.49. The first-order valence-corrected chi connectivity index (χ1v) is 9.16. The minimum Gasteiger partial charge on any atom is -0.385 e. The maximum Gasteiger partial charge on any atom is 0.417 e. The Labute approximate surface area is 144 Å². The highest BCUT2D eigenvalue weighted by atomic mass is 32.2. The summed E-state index contributed by atoms with van der Waals surface area (Å²) in [6.45, 7) is 2.48. The van der Waals surface area contributed by atoms with Crippen molar-refractivity contribution in [1.82, 2.24) is 0 Å². The SMILES string of the molecule is CC(CCNc1ccc(S(N)(=O)=O)c(C(F)(F)F)c1)c1ccccc1. The van der Waals surface area contributed by atoms with E-state index in [4.69, 9.17) is 5.14 Å². The molecule has 136 valence electrons. The second-order valence-electron chi connectivity index (χ2n) is 5.78. The van der Waals surface area contributed by atoms with E-state index in [0.29, 0.717) is 13.0 Å². The molecular formula is C17H19F3N2O2S. The molecule has 8 heteroatoms. The van der Waals surface area contributed by atoms with Gasteiger partial charge in [0.25, 0.3) is 0 Å². The maximum absolute atomic E-state index is 13.1. The Morgan fingerprint density at radius 1 is 1.12 bits per heavy atom. The van der Waals surface area contributed by atoms with Gasteiger partial charge in [0.1, 0.15) is 0 Å². The summed E-state index contributed by atoms with van der Waals surface area (Å²) < 4.78 is 61.9. The van der Waals surface area contributed by atoms with Gasteiger partial charge in [0, 0.05) is 12.2 Å². The predicted octanol–water partition coefficient (Wildman–Crippen LogP) is 3.96. The van der Waals surface area contributed by atoms with Crippen molar-refractivity contribution in [3.05, 3.63) is 59.7 Å². The molecular weight excluding hydrogens is 353 g/mol. The number of benzene rings is 2. The third kappa shape index (κ3) is 5.20. The lowest BCUT2D eigenvalue weighted by atomic mass is 9.98. The quantitative estimate of drug-likeness (QED) is 0.806. The third-order valence-electron chi connectivity index (χ3n) is 3.87. The summed E-state index contributed by atoms with van der Waals surface area (Å²) in [5, 5.41) is 7.76. The standard InChI is InChI=1S/C17H19F3N2O2S/c1-12(13-5-3-2-4-6-13)9-10-22-14-7-8-16(25(21,23)24)15(11-14)17(18,19)20/h2-8,11-12,22H,9-10H2,1H3,(H2,21,23,24). The number of sulfonamides is 1. The lowest BCUT2D eigenvalue weighted by Gasteiger charge is -2.16. The fourth-order valence-corrected chi connectivity index (χ4v) is 3.23. The summed E-state index contributed by atoms with van der Waals surface area (Å²) in [6.07, 6.45) is -4.10. The predicted molar refractivity (Wildman–Crippen MR) is 90.8 cm³/mol. The van der Waals surface area contributed by atoms with Crippen LogP contribution in [0.4, 0.5) is 18.9 Å². The average molecular weight is 372 g/mol. The molecule has 2 rings (SSSR count). The van der Waals surface area contributed by atoms with E-state index in [9.17, 15) is 21.6 Å². The monoisotopic (exact) mass is 372 g/mol. The van der Waals surface area contributed by atoms with Gasteiger partial charge in [0.2, 0.25) is 10.0 Å². The van der Waals surface area contributed by atoms with Gasteiger partial charge in [-0.05, 0) is 36.1 Å². The van der Waals surface area contributed by atoms with E-state index in [1.54, 1.807) is 0 Å². The Kier molecular flexibility index (Phi) is 5.74. The number of halogens is 3. The number of rotatable bonds is 6. The molecule has 0 spiro atoms. The van der Waals surface area contributed by atoms with E-state index in [0.717, 1.165) is 17.7 Å². The molecule has 0 aliphatic rings. The largest absolute Gasteiger partial charge is 0.417 e. The highest BCUT2D eigenvalue weighted by Crippen LogP contribution is 2.35. The molecule has 0 aliphatic heterocycles. The minimum atomic E-state index is -4.81. The van der Waals surface area contributed by atoms with Crippen LogP contribution in [0, 0.1) is 0 Å². The number of anilines is 1. The molecule has 0 saturated carbocycles. The van der Waals surface area contributed by atoms with Gasteiger partial charge in [-0.1, -0.05) is 37.3 Å². The Morgan fingerprint density at radius 3 is 2.32 bits per heavy atom. The molecule has 0 saturated heterocycles. The summed E-state index contributed by atoms with van der Waals surface area (Å²) in [4.78, 5) is -0.928. The molecule has 0 heterocycles. The van der Waals surface area contributed by atoms with Crippen molar-refractivity contribution in [1.29, 1.82) is 0 Å². The number of nitrogens with one attached hydrogen (secondary N) is 1. The Hall–Kier alpha value is -2.06. The summed E-state index contributed by atoms with van der Waals surface area (Å²) >= 11 is 0. The van der Waals surface area contributed by atoms with E-state index in [1.165, 1.54) is 6.07 Å². The van der Waals surface area contributed by atoms with Crippen LogP contribution in [-0.2, 0) is 16.2 Å². The summed E-state index contributed by atoms with van der Waals surface area (Å²) in [5.41, 5.74) is 0.0703. The van der Waals surface area contributed by atoms with E-state index in [2.05, 4.69) is 5.32 Å².